The topological polar surface area (TPSA) is 53.4 Å². The van der Waals surface area contributed by atoms with Gasteiger partial charge in [-0.05, 0) is 42.0 Å². The van der Waals surface area contributed by atoms with Crippen LogP contribution >= 0.6 is 11.6 Å². The molecule has 0 saturated carbocycles. The van der Waals surface area contributed by atoms with Crippen molar-refractivity contribution < 1.29 is 9.90 Å². The molecule has 0 atom stereocenters. The van der Waals surface area contributed by atoms with Crippen LogP contribution in [0.25, 0.3) is 22.6 Å². The van der Waals surface area contributed by atoms with Crippen LogP contribution in [-0.4, -0.2) is 34.0 Å². The number of benzene rings is 2. The van der Waals surface area contributed by atoms with Crippen molar-refractivity contribution in [2.24, 2.45) is 0 Å². The van der Waals surface area contributed by atoms with Gasteiger partial charge in [-0.15, -0.1) is 0 Å². The van der Waals surface area contributed by atoms with E-state index in [1.54, 1.807) is 0 Å². The first-order valence-corrected chi connectivity index (χ1v) is 9.28. The van der Waals surface area contributed by atoms with Crippen LogP contribution < -0.4 is 0 Å². The van der Waals surface area contributed by atoms with Crippen LogP contribution in [0.2, 0.25) is 5.02 Å². The summed E-state index contributed by atoms with van der Waals surface area (Å²) in [4.78, 5) is 19.2. The largest absolute Gasteiger partial charge is 0.478 e. The SMILES string of the molecule is CCN1C/C(=C\c2cccc(Cl)c2)c2nc3ccccc3c(C(=O)O)c2C1. The number of hydrogen-bond acceptors (Lipinski definition) is 3. The molecule has 0 amide bonds. The number of carboxylic acid groups (broad SMARTS) is 1. The Hall–Kier alpha value is -2.69. The van der Waals surface area contributed by atoms with Gasteiger partial charge in [0.2, 0.25) is 0 Å². The third kappa shape index (κ3) is 3.34. The zero-order valence-corrected chi connectivity index (χ0v) is 15.7. The van der Waals surface area contributed by atoms with Gasteiger partial charge in [0.05, 0.1) is 16.8 Å². The molecule has 0 radical (unpaired) electrons. The van der Waals surface area contributed by atoms with E-state index in [0.717, 1.165) is 35.5 Å². The number of nitrogens with zero attached hydrogens (tertiary/aromatic N) is 2. The Morgan fingerprint density at radius 3 is 2.78 bits per heavy atom. The average Bonchev–Trinajstić information content (AvgIpc) is 2.66. The van der Waals surface area contributed by atoms with Gasteiger partial charge < -0.3 is 5.11 Å². The number of aromatic nitrogens is 1. The van der Waals surface area contributed by atoms with Gasteiger partial charge in [-0.2, -0.15) is 0 Å². The first-order valence-electron chi connectivity index (χ1n) is 8.90. The van der Waals surface area contributed by atoms with E-state index < -0.39 is 5.97 Å². The molecule has 1 aliphatic heterocycles. The molecule has 3 aromatic rings. The summed E-state index contributed by atoms with van der Waals surface area (Å²) in [5.74, 6) is -0.912. The summed E-state index contributed by atoms with van der Waals surface area (Å²) >= 11 is 6.13. The van der Waals surface area contributed by atoms with Gasteiger partial charge >= 0.3 is 5.97 Å². The average molecular weight is 379 g/mol. The van der Waals surface area contributed by atoms with Crippen molar-refractivity contribution in [1.29, 1.82) is 0 Å². The van der Waals surface area contributed by atoms with Gasteiger partial charge in [-0.3, -0.25) is 4.90 Å². The molecule has 136 valence electrons. The maximum absolute atomic E-state index is 12.1. The maximum atomic E-state index is 12.1. The molecule has 0 aliphatic carbocycles. The standard InChI is InChI=1S/C22H19ClN2O2/c1-2-25-12-15(10-14-6-5-7-16(23)11-14)21-18(13-25)20(22(26)27)17-8-3-4-9-19(17)24-21/h3-11H,2,12-13H2,1H3,(H,26,27)/b15-10+. The van der Waals surface area contributed by atoms with Crippen molar-refractivity contribution >= 4 is 40.1 Å². The lowest BCUT2D eigenvalue weighted by molar-refractivity contribution is 0.0696. The summed E-state index contributed by atoms with van der Waals surface area (Å²) in [6.45, 7) is 4.22. The van der Waals surface area contributed by atoms with E-state index in [1.165, 1.54) is 0 Å². The van der Waals surface area contributed by atoms with E-state index in [9.17, 15) is 9.90 Å². The van der Waals surface area contributed by atoms with E-state index in [4.69, 9.17) is 16.6 Å². The third-order valence-electron chi connectivity index (χ3n) is 4.92. The van der Waals surface area contributed by atoms with Crippen LogP contribution in [0.4, 0.5) is 0 Å². The molecule has 0 spiro atoms. The van der Waals surface area contributed by atoms with Crippen LogP contribution in [0.1, 0.15) is 34.1 Å². The summed E-state index contributed by atoms with van der Waals surface area (Å²) in [7, 11) is 0. The molecule has 2 heterocycles. The number of pyridine rings is 1. The normalized spacial score (nSPS) is 15.9. The highest BCUT2D eigenvalue weighted by Gasteiger charge is 2.27. The van der Waals surface area contributed by atoms with Gasteiger partial charge in [0.25, 0.3) is 0 Å². The van der Waals surface area contributed by atoms with Gasteiger partial charge in [-0.1, -0.05) is 48.9 Å². The Bertz CT molecular complexity index is 1080. The van der Waals surface area contributed by atoms with Crippen LogP contribution in [0, 0.1) is 0 Å². The van der Waals surface area contributed by atoms with Gasteiger partial charge in [0, 0.05) is 29.1 Å². The van der Waals surface area contributed by atoms with E-state index in [0.29, 0.717) is 28.0 Å². The Morgan fingerprint density at radius 1 is 1.22 bits per heavy atom. The van der Waals surface area contributed by atoms with E-state index >= 15 is 0 Å². The molecule has 0 bridgehead atoms. The molecule has 2 aromatic carbocycles. The Kier molecular flexibility index (Phi) is 4.68. The van der Waals surface area contributed by atoms with Crippen LogP contribution in [-0.2, 0) is 6.54 Å². The summed E-state index contributed by atoms with van der Waals surface area (Å²) in [6.07, 6.45) is 2.06. The van der Waals surface area contributed by atoms with Crippen LogP contribution in [0.5, 0.6) is 0 Å². The minimum absolute atomic E-state index is 0.353. The first kappa shape index (κ1) is 17.7. The predicted octanol–water partition coefficient (Wildman–Crippen LogP) is 4.96. The number of para-hydroxylation sites is 1. The molecule has 0 saturated heterocycles. The highest BCUT2D eigenvalue weighted by atomic mass is 35.5. The summed E-state index contributed by atoms with van der Waals surface area (Å²) in [6, 6.07) is 15.1. The molecule has 1 N–H and O–H groups in total. The second kappa shape index (κ2) is 7.14. The summed E-state index contributed by atoms with van der Waals surface area (Å²) in [5.41, 5.74) is 4.60. The van der Waals surface area contributed by atoms with Crippen LogP contribution in [0.3, 0.4) is 0 Å². The highest BCUT2D eigenvalue weighted by molar-refractivity contribution is 6.30. The number of carbonyl (C=O) groups is 1. The van der Waals surface area contributed by atoms with Crippen LogP contribution in [0.15, 0.2) is 48.5 Å². The molecule has 1 aliphatic rings. The van der Waals surface area contributed by atoms with Crippen molar-refractivity contribution in [3.05, 3.63) is 75.9 Å². The lowest BCUT2D eigenvalue weighted by Gasteiger charge is -2.30. The van der Waals surface area contributed by atoms with Crippen molar-refractivity contribution in [2.45, 2.75) is 13.5 Å². The maximum Gasteiger partial charge on any atom is 0.336 e. The molecule has 1 aromatic heterocycles. The van der Waals surface area contributed by atoms with Gasteiger partial charge in [0.15, 0.2) is 0 Å². The number of carboxylic acids is 1. The van der Waals surface area contributed by atoms with Crippen molar-refractivity contribution in [1.82, 2.24) is 9.88 Å². The first-order chi connectivity index (χ1) is 13.1. The quantitative estimate of drug-likeness (QED) is 0.699. The highest BCUT2D eigenvalue weighted by Crippen LogP contribution is 2.34. The summed E-state index contributed by atoms with van der Waals surface area (Å²) in [5, 5.41) is 11.3. The fourth-order valence-electron chi connectivity index (χ4n) is 3.65. The fraction of sp³-hybridized carbons (Fsp3) is 0.182. The van der Waals surface area contributed by atoms with E-state index in [-0.39, 0.29) is 0 Å². The van der Waals surface area contributed by atoms with Crippen molar-refractivity contribution in [3.8, 4) is 0 Å². The summed E-state index contributed by atoms with van der Waals surface area (Å²) < 4.78 is 0. The number of aromatic carboxylic acids is 1. The second-order valence-corrected chi connectivity index (χ2v) is 7.10. The Balaban J connectivity index is 1.99. The number of rotatable bonds is 3. The Morgan fingerprint density at radius 2 is 2.04 bits per heavy atom. The molecule has 0 fully saturated rings. The number of fused-ring (bicyclic) bond motifs is 2. The molecule has 4 rings (SSSR count). The fourth-order valence-corrected chi connectivity index (χ4v) is 3.84. The molecule has 0 unspecified atom stereocenters. The molecular weight excluding hydrogens is 360 g/mol. The zero-order chi connectivity index (χ0) is 19.0. The lowest BCUT2D eigenvalue weighted by Crippen LogP contribution is -2.31. The van der Waals surface area contributed by atoms with Gasteiger partial charge in [-0.25, -0.2) is 9.78 Å². The lowest BCUT2D eigenvalue weighted by atomic mass is 9.92. The number of likely N-dealkylation sites (N-methyl/N-ethyl adjacent to an activating group) is 1. The van der Waals surface area contributed by atoms with E-state index in [2.05, 4.69) is 17.9 Å². The Labute approximate surface area is 162 Å². The number of hydrogen-bond donors (Lipinski definition) is 1. The van der Waals surface area contributed by atoms with Gasteiger partial charge in [0.1, 0.15) is 0 Å². The third-order valence-corrected chi connectivity index (χ3v) is 5.16. The second-order valence-electron chi connectivity index (χ2n) is 6.66. The minimum Gasteiger partial charge on any atom is -0.478 e. The predicted molar refractivity (Wildman–Crippen MR) is 109 cm³/mol. The zero-order valence-electron chi connectivity index (χ0n) is 14.9. The van der Waals surface area contributed by atoms with Crippen molar-refractivity contribution in [2.75, 3.05) is 13.1 Å². The van der Waals surface area contributed by atoms with E-state index in [1.807, 2.05) is 48.5 Å². The molecule has 4 nitrogen and oxygen atoms in total. The van der Waals surface area contributed by atoms with Crippen molar-refractivity contribution in [3.63, 3.8) is 0 Å². The molecule has 5 heteroatoms. The number of halogens is 1. The molecular formula is C22H19ClN2O2. The minimum atomic E-state index is -0.912. The smallest absolute Gasteiger partial charge is 0.336 e. The molecule has 27 heavy (non-hydrogen) atoms. The monoisotopic (exact) mass is 378 g/mol.